The fraction of sp³-hybridized carbons (Fsp3) is 0.200. The van der Waals surface area contributed by atoms with E-state index in [2.05, 4.69) is 0 Å². The largest absolute Gasteiger partial charge is 0.489 e. The second-order valence-corrected chi connectivity index (χ2v) is 4.90. The van der Waals surface area contributed by atoms with Gasteiger partial charge in [-0.05, 0) is 31.2 Å². The third-order valence-corrected chi connectivity index (χ3v) is 3.23. The molecule has 106 valence electrons. The highest BCUT2D eigenvalue weighted by atomic mass is 35.5. The van der Waals surface area contributed by atoms with Crippen molar-refractivity contribution >= 4 is 11.6 Å². The van der Waals surface area contributed by atoms with Crippen LogP contribution in [0.5, 0.6) is 5.75 Å². The molecule has 0 saturated carbocycles. The van der Waals surface area contributed by atoms with Crippen molar-refractivity contribution in [2.45, 2.75) is 19.6 Å². The van der Waals surface area contributed by atoms with Crippen LogP contribution in [0.2, 0.25) is 5.02 Å². The molecule has 0 bridgehead atoms. The summed E-state index contributed by atoms with van der Waals surface area (Å²) in [5.74, 6) is -0.485. The highest BCUT2D eigenvalue weighted by molar-refractivity contribution is 6.31. The standard InChI is InChI=1S/C15H14ClF2NO/c1-9(19)13-4-3-12(7-15(13)18)20-8-10-6-11(17)2-5-14(10)16/h2-7,9H,8,19H2,1H3/t9-/m1/s1. The maximum absolute atomic E-state index is 13.7. The molecule has 1 atom stereocenters. The first-order valence-electron chi connectivity index (χ1n) is 6.09. The van der Waals surface area contributed by atoms with Crippen LogP contribution in [-0.2, 0) is 6.61 Å². The minimum Gasteiger partial charge on any atom is -0.489 e. The summed E-state index contributed by atoms with van der Waals surface area (Å²) in [6.45, 7) is 1.76. The quantitative estimate of drug-likeness (QED) is 0.917. The average Bonchev–Trinajstić information content (AvgIpc) is 2.39. The fourth-order valence-electron chi connectivity index (χ4n) is 1.78. The van der Waals surface area contributed by atoms with Gasteiger partial charge in [0, 0.05) is 28.3 Å². The van der Waals surface area contributed by atoms with Gasteiger partial charge in [0.2, 0.25) is 0 Å². The third-order valence-electron chi connectivity index (χ3n) is 2.86. The monoisotopic (exact) mass is 297 g/mol. The molecule has 0 spiro atoms. The van der Waals surface area contributed by atoms with E-state index in [1.807, 2.05) is 0 Å². The van der Waals surface area contributed by atoms with Crippen LogP contribution in [0, 0.1) is 11.6 Å². The van der Waals surface area contributed by atoms with Gasteiger partial charge < -0.3 is 10.5 Å². The highest BCUT2D eigenvalue weighted by Gasteiger charge is 2.09. The lowest BCUT2D eigenvalue weighted by Crippen LogP contribution is -2.07. The Hall–Kier alpha value is -1.65. The zero-order valence-corrected chi connectivity index (χ0v) is 11.6. The van der Waals surface area contributed by atoms with Crippen LogP contribution in [0.15, 0.2) is 36.4 Å². The number of benzene rings is 2. The number of hydrogen-bond acceptors (Lipinski definition) is 2. The number of nitrogens with two attached hydrogens (primary N) is 1. The number of ether oxygens (including phenoxy) is 1. The van der Waals surface area contributed by atoms with Crippen molar-refractivity contribution in [1.82, 2.24) is 0 Å². The molecule has 0 unspecified atom stereocenters. The molecule has 2 nitrogen and oxygen atoms in total. The Morgan fingerprint density at radius 2 is 1.95 bits per heavy atom. The lowest BCUT2D eigenvalue weighted by atomic mass is 10.1. The first-order chi connectivity index (χ1) is 9.47. The van der Waals surface area contributed by atoms with Crippen molar-refractivity contribution in [3.8, 4) is 5.75 Å². The Morgan fingerprint density at radius 1 is 1.20 bits per heavy atom. The summed E-state index contributed by atoms with van der Waals surface area (Å²) < 4.78 is 32.2. The van der Waals surface area contributed by atoms with Gasteiger partial charge in [-0.15, -0.1) is 0 Å². The summed E-state index contributed by atoms with van der Waals surface area (Å²) >= 11 is 5.92. The van der Waals surface area contributed by atoms with E-state index in [4.69, 9.17) is 22.1 Å². The average molecular weight is 298 g/mol. The number of halogens is 3. The van der Waals surface area contributed by atoms with Crippen LogP contribution in [0.1, 0.15) is 24.1 Å². The van der Waals surface area contributed by atoms with Gasteiger partial charge in [0.15, 0.2) is 0 Å². The molecular formula is C15H14ClF2NO. The van der Waals surface area contributed by atoms with Gasteiger partial charge >= 0.3 is 0 Å². The first kappa shape index (κ1) is 14.8. The van der Waals surface area contributed by atoms with Crippen molar-refractivity contribution < 1.29 is 13.5 Å². The lowest BCUT2D eigenvalue weighted by Gasteiger charge is -2.11. The summed E-state index contributed by atoms with van der Waals surface area (Å²) in [5, 5.41) is 0.402. The van der Waals surface area contributed by atoms with Crippen LogP contribution in [0.3, 0.4) is 0 Å². The second-order valence-electron chi connectivity index (χ2n) is 4.50. The van der Waals surface area contributed by atoms with E-state index in [9.17, 15) is 8.78 Å². The Kier molecular flexibility index (Phi) is 4.57. The van der Waals surface area contributed by atoms with Crippen LogP contribution in [-0.4, -0.2) is 0 Å². The molecule has 20 heavy (non-hydrogen) atoms. The number of rotatable bonds is 4. The van der Waals surface area contributed by atoms with E-state index in [0.717, 1.165) is 0 Å². The molecule has 2 aromatic carbocycles. The van der Waals surface area contributed by atoms with Gasteiger partial charge in [0.1, 0.15) is 24.0 Å². The molecule has 0 saturated heterocycles. The molecule has 2 N–H and O–H groups in total. The fourth-order valence-corrected chi connectivity index (χ4v) is 1.95. The second kappa shape index (κ2) is 6.20. The summed E-state index contributed by atoms with van der Waals surface area (Å²) in [6.07, 6.45) is 0. The van der Waals surface area contributed by atoms with E-state index in [1.54, 1.807) is 19.1 Å². The van der Waals surface area contributed by atoms with E-state index in [1.165, 1.54) is 24.3 Å². The first-order valence-corrected chi connectivity index (χ1v) is 6.47. The molecule has 0 aliphatic rings. The smallest absolute Gasteiger partial charge is 0.131 e. The molecular weight excluding hydrogens is 284 g/mol. The van der Waals surface area contributed by atoms with Crippen molar-refractivity contribution in [1.29, 1.82) is 0 Å². The highest BCUT2D eigenvalue weighted by Crippen LogP contribution is 2.23. The lowest BCUT2D eigenvalue weighted by molar-refractivity contribution is 0.303. The maximum atomic E-state index is 13.7. The molecule has 2 rings (SSSR count). The Balaban J connectivity index is 2.11. The molecule has 5 heteroatoms. The minimum atomic E-state index is -0.428. The predicted octanol–water partition coefficient (Wildman–Crippen LogP) is 4.22. The molecule has 2 aromatic rings. The van der Waals surface area contributed by atoms with E-state index in [0.29, 0.717) is 21.9 Å². The van der Waals surface area contributed by atoms with Crippen molar-refractivity contribution in [3.63, 3.8) is 0 Å². The Labute approximate surface area is 121 Å². The van der Waals surface area contributed by atoms with Crippen molar-refractivity contribution in [2.24, 2.45) is 5.73 Å². The van der Waals surface area contributed by atoms with Gasteiger partial charge in [-0.1, -0.05) is 17.7 Å². The van der Waals surface area contributed by atoms with E-state index >= 15 is 0 Å². The van der Waals surface area contributed by atoms with Gasteiger partial charge in [0.25, 0.3) is 0 Å². The zero-order chi connectivity index (χ0) is 14.7. The van der Waals surface area contributed by atoms with E-state index < -0.39 is 11.6 Å². The van der Waals surface area contributed by atoms with Crippen LogP contribution < -0.4 is 10.5 Å². The molecule has 0 aliphatic heterocycles. The van der Waals surface area contributed by atoms with Crippen LogP contribution >= 0.6 is 11.6 Å². The zero-order valence-electron chi connectivity index (χ0n) is 10.9. The van der Waals surface area contributed by atoms with Crippen molar-refractivity contribution in [2.75, 3.05) is 0 Å². The van der Waals surface area contributed by atoms with Gasteiger partial charge in [0.05, 0.1) is 0 Å². The molecule has 0 amide bonds. The molecule has 0 aliphatic carbocycles. The third kappa shape index (κ3) is 3.46. The Bertz CT molecular complexity index is 617. The normalized spacial score (nSPS) is 12.2. The Morgan fingerprint density at radius 3 is 2.60 bits per heavy atom. The summed E-state index contributed by atoms with van der Waals surface area (Å²) in [5.41, 5.74) is 6.55. The summed E-state index contributed by atoms with van der Waals surface area (Å²) in [7, 11) is 0. The minimum absolute atomic E-state index is 0.0631. The van der Waals surface area contributed by atoms with Gasteiger partial charge in [-0.3, -0.25) is 0 Å². The van der Waals surface area contributed by atoms with Gasteiger partial charge in [-0.25, -0.2) is 8.78 Å². The van der Waals surface area contributed by atoms with Crippen LogP contribution in [0.4, 0.5) is 8.78 Å². The van der Waals surface area contributed by atoms with Crippen molar-refractivity contribution in [3.05, 3.63) is 64.2 Å². The molecule has 0 aromatic heterocycles. The maximum Gasteiger partial charge on any atom is 0.131 e. The van der Waals surface area contributed by atoms with E-state index in [-0.39, 0.29) is 12.6 Å². The molecule has 0 heterocycles. The topological polar surface area (TPSA) is 35.2 Å². The molecule has 0 radical (unpaired) electrons. The summed E-state index contributed by atoms with van der Waals surface area (Å²) in [4.78, 5) is 0. The van der Waals surface area contributed by atoms with Crippen LogP contribution in [0.25, 0.3) is 0 Å². The predicted molar refractivity (Wildman–Crippen MR) is 74.7 cm³/mol. The SMILES string of the molecule is C[C@@H](N)c1ccc(OCc2cc(F)ccc2Cl)cc1F. The summed E-state index contributed by atoms with van der Waals surface area (Å²) in [6, 6.07) is 8.07. The van der Waals surface area contributed by atoms with Gasteiger partial charge in [-0.2, -0.15) is 0 Å². The number of hydrogen-bond donors (Lipinski definition) is 1. The molecule has 0 fully saturated rings.